The van der Waals surface area contributed by atoms with Gasteiger partial charge in [-0.2, -0.15) is 5.10 Å². The number of hydrogen-bond acceptors (Lipinski definition) is 5. The predicted octanol–water partition coefficient (Wildman–Crippen LogP) is 2.50. The minimum absolute atomic E-state index is 0.423. The summed E-state index contributed by atoms with van der Waals surface area (Å²) in [5.41, 5.74) is 6.41. The molecule has 0 unspecified atom stereocenters. The molecule has 19 heavy (non-hydrogen) atoms. The molecule has 104 valence electrons. The maximum absolute atomic E-state index is 5.53. The van der Waals surface area contributed by atoms with E-state index in [0.717, 1.165) is 11.3 Å². The zero-order valence-electron chi connectivity index (χ0n) is 11.4. The number of hydrogen-bond donors (Lipinski definition) is 1. The first-order chi connectivity index (χ1) is 9.21. The van der Waals surface area contributed by atoms with Gasteiger partial charge in [0, 0.05) is 0 Å². The normalized spacial score (nSPS) is 11.8. The first kappa shape index (κ1) is 15.4. The summed E-state index contributed by atoms with van der Waals surface area (Å²) >= 11 is 1.35. The van der Waals surface area contributed by atoms with Crippen molar-refractivity contribution in [2.75, 3.05) is 19.5 Å². The number of rotatable bonds is 6. The van der Waals surface area contributed by atoms with Crippen LogP contribution in [-0.4, -0.2) is 30.9 Å². The zero-order valence-corrected chi connectivity index (χ0v) is 12.2. The van der Waals surface area contributed by atoms with Crippen molar-refractivity contribution in [1.29, 1.82) is 0 Å². The smallest absolute Gasteiger partial charge is 0.180 e. The van der Waals surface area contributed by atoms with Crippen molar-refractivity contribution in [2.24, 2.45) is 15.9 Å². The largest absolute Gasteiger partial charge is 0.490 e. The topological polar surface area (TPSA) is 69.2 Å². The molecule has 0 atom stereocenters. The molecule has 0 aliphatic heterocycles. The molecule has 1 aromatic carbocycles. The van der Waals surface area contributed by atoms with Crippen LogP contribution in [0.15, 0.2) is 28.4 Å². The number of amidine groups is 1. The maximum Gasteiger partial charge on any atom is 0.180 e. The molecule has 1 aromatic rings. The second-order valence-corrected chi connectivity index (χ2v) is 4.29. The van der Waals surface area contributed by atoms with Crippen LogP contribution in [-0.2, 0) is 0 Å². The molecule has 0 aromatic heterocycles. The first-order valence-electron chi connectivity index (χ1n) is 6.01. The molecule has 0 aliphatic carbocycles. The van der Waals surface area contributed by atoms with Gasteiger partial charge in [-0.3, -0.25) is 0 Å². The molecule has 0 fully saturated rings. The predicted molar refractivity (Wildman–Crippen MR) is 81.5 cm³/mol. The van der Waals surface area contributed by atoms with Crippen LogP contribution in [0.3, 0.4) is 0 Å². The van der Waals surface area contributed by atoms with Gasteiger partial charge in [0.15, 0.2) is 16.7 Å². The van der Waals surface area contributed by atoms with E-state index >= 15 is 0 Å². The fourth-order valence-electron chi connectivity index (χ4n) is 1.34. The lowest BCUT2D eigenvalue weighted by atomic mass is 10.2. The van der Waals surface area contributed by atoms with Crippen molar-refractivity contribution in [2.45, 2.75) is 13.8 Å². The molecule has 0 saturated carbocycles. The minimum atomic E-state index is 0.423. The molecule has 0 radical (unpaired) electrons. The van der Waals surface area contributed by atoms with Gasteiger partial charge in [-0.1, -0.05) is 11.8 Å². The quantitative estimate of drug-likeness (QED) is 0.494. The second kappa shape index (κ2) is 8.42. The third-order valence-electron chi connectivity index (χ3n) is 2.14. The average Bonchev–Trinajstić information content (AvgIpc) is 2.42. The maximum atomic E-state index is 5.53. The average molecular weight is 281 g/mol. The van der Waals surface area contributed by atoms with Crippen LogP contribution < -0.4 is 15.2 Å². The van der Waals surface area contributed by atoms with E-state index in [2.05, 4.69) is 10.2 Å². The summed E-state index contributed by atoms with van der Waals surface area (Å²) in [6.07, 6.45) is 3.47. The van der Waals surface area contributed by atoms with Crippen molar-refractivity contribution < 1.29 is 9.47 Å². The van der Waals surface area contributed by atoms with Crippen LogP contribution >= 0.6 is 11.8 Å². The molecule has 0 saturated heterocycles. The molecule has 5 nitrogen and oxygen atoms in total. The molecule has 0 aliphatic rings. The van der Waals surface area contributed by atoms with Gasteiger partial charge in [-0.15, -0.1) is 5.10 Å². The lowest BCUT2D eigenvalue weighted by molar-refractivity contribution is 0.288. The first-order valence-corrected chi connectivity index (χ1v) is 7.23. The Morgan fingerprint density at radius 1 is 1.26 bits per heavy atom. The summed E-state index contributed by atoms with van der Waals surface area (Å²) in [4.78, 5) is 0. The summed E-state index contributed by atoms with van der Waals surface area (Å²) in [5.74, 6) is 1.43. The molecular weight excluding hydrogens is 262 g/mol. The summed E-state index contributed by atoms with van der Waals surface area (Å²) in [5, 5.41) is 8.16. The van der Waals surface area contributed by atoms with Crippen molar-refractivity contribution >= 4 is 23.1 Å². The van der Waals surface area contributed by atoms with Crippen LogP contribution in [0, 0.1) is 0 Å². The van der Waals surface area contributed by atoms with E-state index in [0.29, 0.717) is 24.1 Å². The van der Waals surface area contributed by atoms with Gasteiger partial charge in [0.25, 0.3) is 0 Å². The molecular formula is C13H19N3O2S. The van der Waals surface area contributed by atoms with Crippen molar-refractivity contribution in [3.8, 4) is 11.5 Å². The van der Waals surface area contributed by atoms with E-state index in [9.17, 15) is 0 Å². The Morgan fingerprint density at radius 2 is 1.95 bits per heavy atom. The highest BCUT2D eigenvalue weighted by Gasteiger charge is 2.04. The molecule has 6 heteroatoms. The van der Waals surface area contributed by atoms with Crippen LogP contribution in [0.25, 0.3) is 0 Å². The Balaban J connectivity index is 2.88. The molecule has 2 N–H and O–H groups in total. The van der Waals surface area contributed by atoms with E-state index in [1.807, 2.05) is 38.3 Å². The molecule has 0 heterocycles. The summed E-state index contributed by atoms with van der Waals surface area (Å²) < 4.78 is 11.0. The highest BCUT2D eigenvalue weighted by atomic mass is 32.2. The van der Waals surface area contributed by atoms with Gasteiger partial charge >= 0.3 is 0 Å². The van der Waals surface area contributed by atoms with Crippen molar-refractivity contribution in [3.05, 3.63) is 23.8 Å². The summed E-state index contributed by atoms with van der Waals surface area (Å²) in [6.45, 7) is 5.05. The second-order valence-electron chi connectivity index (χ2n) is 3.46. The Kier molecular flexibility index (Phi) is 6.81. The Bertz CT molecular complexity index is 461. The highest BCUT2D eigenvalue weighted by molar-refractivity contribution is 8.13. The third-order valence-corrected chi connectivity index (χ3v) is 2.64. The fourth-order valence-corrected chi connectivity index (χ4v) is 1.47. The number of ether oxygens (including phenoxy) is 2. The van der Waals surface area contributed by atoms with Crippen LogP contribution in [0.5, 0.6) is 11.5 Å². The number of thioether (sulfide) groups is 1. The Hall–Kier alpha value is -1.69. The van der Waals surface area contributed by atoms with Gasteiger partial charge < -0.3 is 15.2 Å². The Labute approximate surface area is 117 Å². The van der Waals surface area contributed by atoms with Gasteiger partial charge in [0.2, 0.25) is 0 Å². The lowest BCUT2D eigenvalue weighted by Crippen LogP contribution is -2.04. The standard InChI is InChI=1S/C13H19N3O2S/c1-4-17-11-7-6-10(8-12(11)18-5-2)9-15-16-13(14)19-3/h6-9H,4-5H2,1-3H3,(H2,14,16)/b15-9-. The zero-order chi connectivity index (χ0) is 14.1. The van der Waals surface area contributed by atoms with E-state index in [-0.39, 0.29) is 0 Å². The number of nitrogens with two attached hydrogens (primary N) is 1. The highest BCUT2D eigenvalue weighted by Crippen LogP contribution is 2.27. The Morgan fingerprint density at radius 3 is 2.58 bits per heavy atom. The van der Waals surface area contributed by atoms with Gasteiger partial charge in [0.05, 0.1) is 19.4 Å². The van der Waals surface area contributed by atoms with E-state index in [1.54, 1.807) is 6.21 Å². The van der Waals surface area contributed by atoms with E-state index < -0.39 is 0 Å². The minimum Gasteiger partial charge on any atom is -0.490 e. The summed E-state index contributed by atoms with van der Waals surface area (Å²) in [7, 11) is 0. The monoisotopic (exact) mass is 281 g/mol. The van der Waals surface area contributed by atoms with Crippen LogP contribution in [0.1, 0.15) is 19.4 Å². The molecule has 0 bridgehead atoms. The number of nitrogens with zero attached hydrogens (tertiary/aromatic N) is 2. The molecule has 0 spiro atoms. The SMILES string of the molecule is CCOc1ccc(/C=N\N=C(/N)SC)cc1OCC. The van der Waals surface area contributed by atoms with Gasteiger partial charge in [-0.05, 0) is 43.9 Å². The van der Waals surface area contributed by atoms with Gasteiger partial charge in [-0.25, -0.2) is 0 Å². The van der Waals surface area contributed by atoms with Gasteiger partial charge in [0.1, 0.15) is 0 Å². The number of benzene rings is 1. The third kappa shape index (κ3) is 5.21. The van der Waals surface area contributed by atoms with E-state index in [4.69, 9.17) is 15.2 Å². The van der Waals surface area contributed by atoms with Crippen LogP contribution in [0.2, 0.25) is 0 Å². The fraction of sp³-hybridized carbons (Fsp3) is 0.385. The van der Waals surface area contributed by atoms with Crippen LogP contribution in [0.4, 0.5) is 0 Å². The van der Waals surface area contributed by atoms with Crippen molar-refractivity contribution in [3.63, 3.8) is 0 Å². The molecule has 1 rings (SSSR count). The lowest BCUT2D eigenvalue weighted by Gasteiger charge is -2.10. The van der Waals surface area contributed by atoms with E-state index in [1.165, 1.54) is 11.8 Å². The molecule has 0 amide bonds. The summed E-state index contributed by atoms with van der Waals surface area (Å²) in [6, 6.07) is 5.61. The van der Waals surface area contributed by atoms with Crippen molar-refractivity contribution in [1.82, 2.24) is 0 Å².